The zero-order valence-electron chi connectivity index (χ0n) is 30.6. The van der Waals surface area contributed by atoms with Crippen LogP contribution in [0.25, 0.3) is 115 Å². The van der Waals surface area contributed by atoms with Crippen LogP contribution in [0.2, 0.25) is 0 Å². The lowest BCUT2D eigenvalue weighted by Crippen LogP contribution is -1.96. The fourth-order valence-corrected chi connectivity index (χ4v) is 9.94. The molecule has 0 aliphatic rings. The third kappa shape index (κ3) is 5.06. The van der Waals surface area contributed by atoms with Crippen molar-refractivity contribution in [3.05, 3.63) is 188 Å². The highest BCUT2D eigenvalue weighted by molar-refractivity contribution is 7.27. The van der Waals surface area contributed by atoms with Crippen LogP contribution in [0.15, 0.2) is 192 Å². The Morgan fingerprint density at radius 1 is 0.404 bits per heavy atom. The van der Waals surface area contributed by atoms with Gasteiger partial charge in [-0.3, -0.25) is 0 Å². The molecule has 57 heavy (non-hydrogen) atoms. The maximum Gasteiger partial charge on any atom is 0.160 e. The molecule has 8 aromatic carbocycles. The highest BCUT2D eigenvalue weighted by atomic mass is 32.1. The smallest absolute Gasteiger partial charge is 0.160 e. The first-order chi connectivity index (χ1) is 28.2. The predicted molar refractivity (Wildman–Crippen MR) is 238 cm³/mol. The quantitative estimate of drug-likeness (QED) is 0.176. The Morgan fingerprint density at radius 2 is 1.04 bits per heavy atom. The molecule has 4 nitrogen and oxygen atoms in total. The Labute approximate surface area is 331 Å². The maximum atomic E-state index is 6.33. The van der Waals surface area contributed by atoms with Gasteiger partial charge in [-0.15, -0.1) is 11.3 Å². The second kappa shape index (κ2) is 12.6. The zero-order valence-corrected chi connectivity index (χ0v) is 31.4. The summed E-state index contributed by atoms with van der Waals surface area (Å²) in [4.78, 5) is 10.6. The van der Waals surface area contributed by atoms with Gasteiger partial charge in [-0.1, -0.05) is 140 Å². The van der Waals surface area contributed by atoms with Crippen molar-refractivity contribution in [3.63, 3.8) is 0 Å². The molecule has 0 unspecified atom stereocenters. The first-order valence-electron chi connectivity index (χ1n) is 19.1. The van der Waals surface area contributed by atoms with E-state index < -0.39 is 0 Å². The Kier molecular flexibility index (Phi) is 7.06. The highest BCUT2D eigenvalue weighted by Crippen LogP contribution is 2.46. The van der Waals surface area contributed by atoms with Gasteiger partial charge in [0.25, 0.3) is 0 Å². The van der Waals surface area contributed by atoms with Gasteiger partial charge in [-0.25, -0.2) is 9.97 Å². The molecule has 0 radical (unpaired) electrons. The molecule has 0 amide bonds. The minimum absolute atomic E-state index is 0.656. The number of furan rings is 1. The molecule has 0 bridgehead atoms. The summed E-state index contributed by atoms with van der Waals surface area (Å²) in [5.41, 5.74) is 12.4. The van der Waals surface area contributed by atoms with Crippen LogP contribution in [-0.4, -0.2) is 14.5 Å². The third-order valence-electron chi connectivity index (χ3n) is 11.2. The van der Waals surface area contributed by atoms with E-state index in [1.54, 1.807) is 0 Å². The van der Waals surface area contributed by atoms with Crippen LogP contribution in [0.5, 0.6) is 0 Å². The molecule has 0 saturated heterocycles. The molecule has 0 N–H and O–H groups in total. The van der Waals surface area contributed by atoms with Gasteiger partial charge >= 0.3 is 0 Å². The zero-order chi connectivity index (χ0) is 37.5. The molecule has 12 aromatic rings. The van der Waals surface area contributed by atoms with Gasteiger partial charge < -0.3 is 8.98 Å². The Hall–Kier alpha value is -7.34. The van der Waals surface area contributed by atoms with Crippen molar-refractivity contribution in [2.45, 2.75) is 0 Å². The largest absolute Gasteiger partial charge is 0.456 e. The molecular weight excluding hydrogens is 715 g/mol. The van der Waals surface area contributed by atoms with Crippen molar-refractivity contribution in [1.29, 1.82) is 0 Å². The number of aromatic nitrogens is 3. The first kappa shape index (κ1) is 32.0. The van der Waals surface area contributed by atoms with Gasteiger partial charge in [0.1, 0.15) is 11.2 Å². The van der Waals surface area contributed by atoms with Crippen molar-refractivity contribution < 1.29 is 4.42 Å². The molecule has 0 saturated carbocycles. The van der Waals surface area contributed by atoms with E-state index in [4.69, 9.17) is 14.4 Å². The number of hydrogen-bond acceptors (Lipinski definition) is 4. The normalized spacial score (nSPS) is 11.9. The molecule has 0 aliphatic carbocycles. The van der Waals surface area contributed by atoms with Crippen molar-refractivity contribution in [2.24, 2.45) is 0 Å². The maximum absolute atomic E-state index is 6.33. The summed E-state index contributed by atoms with van der Waals surface area (Å²) in [6.45, 7) is 0. The van der Waals surface area contributed by atoms with Gasteiger partial charge in [-0.05, 0) is 59.7 Å². The lowest BCUT2D eigenvalue weighted by molar-refractivity contribution is 0.669. The van der Waals surface area contributed by atoms with E-state index in [1.807, 2.05) is 35.6 Å². The molecule has 5 heteroatoms. The first-order valence-corrected chi connectivity index (χ1v) is 20.0. The lowest BCUT2D eigenvalue weighted by Gasteiger charge is -2.11. The second-order valence-electron chi connectivity index (χ2n) is 14.5. The monoisotopic (exact) mass is 745 g/mol. The Bertz CT molecular complexity index is 3510. The van der Waals surface area contributed by atoms with Crippen LogP contribution < -0.4 is 0 Å². The molecule has 0 aliphatic heterocycles. The van der Waals surface area contributed by atoms with Crippen molar-refractivity contribution in [1.82, 2.24) is 14.5 Å². The van der Waals surface area contributed by atoms with Crippen LogP contribution in [-0.2, 0) is 0 Å². The van der Waals surface area contributed by atoms with Gasteiger partial charge in [0, 0.05) is 64.1 Å². The molecule has 0 fully saturated rings. The highest BCUT2D eigenvalue weighted by Gasteiger charge is 2.20. The summed E-state index contributed by atoms with van der Waals surface area (Å²) in [7, 11) is 0. The third-order valence-corrected chi connectivity index (χ3v) is 12.5. The average Bonchev–Trinajstić information content (AvgIpc) is 3.96. The predicted octanol–water partition coefficient (Wildman–Crippen LogP) is 14.5. The molecule has 0 atom stereocenters. The van der Waals surface area contributed by atoms with Crippen LogP contribution in [0, 0.1) is 0 Å². The van der Waals surface area contributed by atoms with E-state index in [1.165, 1.54) is 53.1 Å². The number of nitrogens with zero attached hydrogens (tertiary/aromatic N) is 3. The lowest BCUT2D eigenvalue weighted by atomic mass is 10.0. The van der Waals surface area contributed by atoms with E-state index in [-0.39, 0.29) is 0 Å². The standard InChI is InChI=1S/C52H31N3OS/c1-3-12-32(13-4-1)33-22-24-34(25-23-33)43-31-44(54-52(53-43)35-26-27-38-37-16-8-10-21-47(37)56-48(38)30-35)41-19-11-18-39-40-28-29-46-49(51(40)57-50(39)41)42-17-7-9-20-45(42)55(46)36-14-5-2-6-15-36/h1-31H. The molecule has 266 valence electrons. The summed E-state index contributed by atoms with van der Waals surface area (Å²) in [5.74, 6) is 0.656. The number of para-hydroxylation sites is 3. The average molecular weight is 746 g/mol. The van der Waals surface area contributed by atoms with Gasteiger partial charge in [0.15, 0.2) is 5.82 Å². The molecule has 4 aromatic heterocycles. The molecule has 4 heterocycles. The van der Waals surface area contributed by atoms with E-state index in [0.29, 0.717) is 5.82 Å². The number of hydrogen-bond donors (Lipinski definition) is 0. The summed E-state index contributed by atoms with van der Waals surface area (Å²) >= 11 is 1.85. The summed E-state index contributed by atoms with van der Waals surface area (Å²) in [6.07, 6.45) is 0. The van der Waals surface area contributed by atoms with Crippen LogP contribution >= 0.6 is 11.3 Å². The SMILES string of the molecule is c1ccc(-c2ccc(-c3cc(-c4cccc5c4sc4c5ccc5c4c4ccccc4n5-c4ccccc4)nc(-c4ccc5c(c4)oc4ccccc45)n3)cc2)cc1. The van der Waals surface area contributed by atoms with Crippen molar-refractivity contribution >= 4 is 75.3 Å². The van der Waals surface area contributed by atoms with Gasteiger partial charge in [0.05, 0.1) is 22.4 Å². The number of thiophene rings is 1. The van der Waals surface area contributed by atoms with Crippen LogP contribution in [0.4, 0.5) is 0 Å². The minimum Gasteiger partial charge on any atom is -0.456 e. The van der Waals surface area contributed by atoms with Crippen LogP contribution in [0.3, 0.4) is 0 Å². The minimum atomic E-state index is 0.656. The van der Waals surface area contributed by atoms with Crippen molar-refractivity contribution in [2.75, 3.05) is 0 Å². The van der Waals surface area contributed by atoms with E-state index in [0.717, 1.165) is 55.7 Å². The van der Waals surface area contributed by atoms with E-state index >= 15 is 0 Å². The summed E-state index contributed by atoms with van der Waals surface area (Å²) in [5, 5.41) is 7.19. The molecule has 12 rings (SSSR count). The number of fused-ring (bicyclic) bond motifs is 10. The number of benzene rings is 8. The Balaban J connectivity index is 1.08. The second-order valence-corrected chi connectivity index (χ2v) is 15.5. The van der Waals surface area contributed by atoms with Crippen molar-refractivity contribution in [3.8, 4) is 50.7 Å². The molecule has 0 spiro atoms. The molecular formula is C52H31N3OS. The number of rotatable bonds is 5. The Morgan fingerprint density at radius 3 is 1.89 bits per heavy atom. The van der Waals surface area contributed by atoms with Crippen LogP contribution in [0.1, 0.15) is 0 Å². The van der Waals surface area contributed by atoms with Gasteiger partial charge in [-0.2, -0.15) is 0 Å². The summed E-state index contributed by atoms with van der Waals surface area (Å²) < 4.78 is 11.2. The summed E-state index contributed by atoms with van der Waals surface area (Å²) in [6, 6.07) is 66.5. The topological polar surface area (TPSA) is 43.9 Å². The fraction of sp³-hybridized carbons (Fsp3) is 0. The fourth-order valence-electron chi connectivity index (χ4n) is 8.56. The van der Waals surface area contributed by atoms with Gasteiger partial charge in [0.2, 0.25) is 0 Å². The van der Waals surface area contributed by atoms with E-state index in [9.17, 15) is 0 Å². The van der Waals surface area contributed by atoms with E-state index in [2.05, 4.69) is 168 Å².